The van der Waals surface area contributed by atoms with Crippen LogP contribution in [0.4, 0.5) is 0 Å². The van der Waals surface area contributed by atoms with E-state index in [1.807, 2.05) is 37.3 Å². The second-order valence-corrected chi connectivity index (χ2v) is 12.0. The van der Waals surface area contributed by atoms with Crippen molar-refractivity contribution >= 4 is 17.2 Å². The first kappa shape index (κ1) is 31.3. The molecule has 2 nitrogen and oxygen atoms in total. The highest BCUT2D eigenvalue weighted by Gasteiger charge is 2.34. The van der Waals surface area contributed by atoms with Crippen molar-refractivity contribution in [3.05, 3.63) is 174 Å². The van der Waals surface area contributed by atoms with Crippen molar-refractivity contribution in [2.75, 3.05) is 0 Å². The summed E-state index contributed by atoms with van der Waals surface area (Å²) in [7, 11) is 0. The maximum absolute atomic E-state index is 5.21. The highest BCUT2D eigenvalue weighted by molar-refractivity contribution is 5.87. The molecule has 5 rings (SSSR count). The molecule has 1 aromatic heterocycles. The number of rotatable bonds is 10. The van der Waals surface area contributed by atoms with Gasteiger partial charge in [-0.2, -0.15) is 0 Å². The smallest absolute Gasteiger partial charge is 0.160 e. The zero-order valence-corrected chi connectivity index (χ0v) is 27.2. The molecule has 1 aliphatic carbocycles. The zero-order chi connectivity index (χ0) is 32.1. The van der Waals surface area contributed by atoms with Crippen molar-refractivity contribution in [1.29, 1.82) is 0 Å². The summed E-state index contributed by atoms with van der Waals surface area (Å²) < 4.78 is 0. The van der Waals surface area contributed by atoms with Gasteiger partial charge in [0, 0.05) is 28.5 Å². The lowest BCUT2D eigenvalue weighted by atomic mass is 9.81. The lowest BCUT2D eigenvalue weighted by Gasteiger charge is -2.22. The predicted molar refractivity (Wildman–Crippen MR) is 195 cm³/mol. The number of fused-ring (bicyclic) bond motifs is 1. The topological polar surface area (TPSA) is 25.8 Å². The number of nitrogens with zero attached hydrogens (tertiary/aromatic N) is 2. The van der Waals surface area contributed by atoms with Crippen molar-refractivity contribution in [2.24, 2.45) is 0 Å². The van der Waals surface area contributed by atoms with Crippen LogP contribution >= 0.6 is 0 Å². The minimum Gasteiger partial charge on any atom is -0.232 e. The number of hydrogen-bond acceptors (Lipinski definition) is 2. The summed E-state index contributed by atoms with van der Waals surface area (Å²) in [6, 6.07) is 23.5. The van der Waals surface area contributed by atoms with Crippen LogP contribution in [0.5, 0.6) is 0 Å². The fraction of sp³-hybridized carbons (Fsp3) is 0.163. The van der Waals surface area contributed by atoms with E-state index < -0.39 is 0 Å². The van der Waals surface area contributed by atoms with Gasteiger partial charge in [0.2, 0.25) is 0 Å². The number of benzene rings is 3. The fourth-order valence-electron chi connectivity index (χ4n) is 6.34. The minimum atomic E-state index is -0.0983. The molecule has 0 N–H and O–H groups in total. The van der Waals surface area contributed by atoms with Crippen molar-refractivity contribution in [3.63, 3.8) is 0 Å². The van der Waals surface area contributed by atoms with Gasteiger partial charge in [-0.3, -0.25) is 0 Å². The molecule has 0 fully saturated rings. The molecule has 0 saturated heterocycles. The van der Waals surface area contributed by atoms with Gasteiger partial charge in [0.25, 0.3) is 0 Å². The lowest BCUT2D eigenvalue weighted by Crippen LogP contribution is -2.15. The molecule has 45 heavy (non-hydrogen) atoms. The Bertz CT molecular complexity index is 1920. The van der Waals surface area contributed by atoms with Crippen molar-refractivity contribution < 1.29 is 0 Å². The van der Waals surface area contributed by atoms with Crippen LogP contribution in [0.25, 0.3) is 39.9 Å². The Morgan fingerprint density at radius 3 is 2.29 bits per heavy atom. The van der Waals surface area contributed by atoms with E-state index >= 15 is 0 Å². The van der Waals surface area contributed by atoms with Gasteiger partial charge in [0.05, 0.1) is 11.4 Å². The van der Waals surface area contributed by atoms with Crippen molar-refractivity contribution in [1.82, 2.24) is 9.97 Å². The largest absolute Gasteiger partial charge is 0.232 e. The number of aromatic nitrogens is 2. The zero-order valence-electron chi connectivity index (χ0n) is 27.2. The monoisotopic (exact) mass is 586 g/mol. The third-order valence-corrected chi connectivity index (χ3v) is 8.64. The molecule has 2 heteroatoms. The molecule has 0 atom stereocenters. The van der Waals surface area contributed by atoms with Gasteiger partial charge < -0.3 is 0 Å². The maximum atomic E-state index is 5.21. The van der Waals surface area contributed by atoms with Gasteiger partial charge in [-0.1, -0.05) is 137 Å². The summed E-state index contributed by atoms with van der Waals surface area (Å²) in [5.41, 5.74) is 14.2. The molecule has 0 aliphatic heterocycles. The molecule has 4 aromatic rings. The van der Waals surface area contributed by atoms with E-state index in [2.05, 4.69) is 132 Å². The maximum Gasteiger partial charge on any atom is 0.160 e. The quantitative estimate of drug-likeness (QED) is 0.173. The molecule has 3 aromatic carbocycles. The molecule has 224 valence electrons. The molecule has 0 radical (unpaired) electrons. The molecular formula is C43H42N2. The van der Waals surface area contributed by atoms with E-state index in [-0.39, 0.29) is 5.41 Å². The molecule has 1 aliphatic rings. The second-order valence-electron chi connectivity index (χ2n) is 12.0. The molecule has 0 spiro atoms. The van der Waals surface area contributed by atoms with Crippen LogP contribution < -0.4 is 0 Å². The molecule has 0 saturated carbocycles. The average Bonchev–Trinajstić information content (AvgIpc) is 3.26. The third-order valence-electron chi connectivity index (χ3n) is 8.64. The highest BCUT2D eigenvalue weighted by Crippen LogP contribution is 2.47. The van der Waals surface area contributed by atoms with Gasteiger partial charge in [-0.15, -0.1) is 0 Å². The summed E-state index contributed by atoms with van der Waals surface area (Å²) >= 11 is 0. The van der Waals surface area contributed by atoms with Crippen LogP contribution in [0.3, 0.4) is 0 Å². The average molecular weight is 587 g/mol. The Labute approximate surface area is 269 Å². The van der Waals surface area contributed by atoms with Gasteiger partial charge in [-0.25, -0.2) is 9.97 Å². The van der Waals surface area contributed by atoms with Crippen molar-refractivity contribution in [2.45, 2.75) is 46.5 Å². The highest BCUT2D eigenvalue weighted by atomic mass is 14.9. The molecule has 0 unspecified atom stereocenters. The van der Waals surface area contributed by atoms with E-state index in [9.17, 15) is 0 Å². The first-order chi connectivity index (χ1) is 21.7. The first-order valence-corrected chi connectivity index (χ1v) is 15.5. The van der Waals surface area contributed by atoms with E-state index in [0.717, 1.165) is 50.3 Å². The Morgan fingerprint density at radius 1 is 0.867 bits per heavy atom. The van der Waals surface area contributed by atoms with Crippen LogP contribution in [-0.4, -0.2) is 9.97 Å². The number of hydrogen-bond donors (Lipinski definition) is 0. The summed E-state index contributed by atoms with van der Waals surface area (Å²) in [5.74, 6) is 0.694. The molecular weight excluding hydrogens is 544 g/mol. The van der Waals surface area contributed by atoms with Gasteiger partial charge in [0.15, 0.2) is 5.82 Å². The molecule has 0 bridgehead atoms. The molecule has 0 amide bonds. The minimum absolute atomic E-state index is 0.0983. The van der Waals surface area contributed by atoms with E-state index in [0.29, 0.717) is 12.2 Å². The Balaban J connectivity index is 1.67. The van der Waals surface area contributed by atoms with Gasteiger partial charge >= 0.3 is 0 Å². The van der Waals surface area contributed by atoms with E-state index in [1.165, 1.54) is 22.3 Å². The molecule has 1 heterocycles. The van der Waals surface area contributed by atoms with Crippen molar-refractivity contribution in [3.8, 4) is 22.6 Å². The summed E-state index contributed by atoms with van der Waals surface area (Å²) in [6.45, 7) is 23.2. The van der Waals surface area contributed by atoms with E-state index in [1.54, 1.807) is 0 Å². The van der Waals surface area contributed by atoms with Crippen LogP contribution in [-0.2, 0) is 11.8 Å². The van der Waals surface area contributed by atoms with Gasteiger partial charge in [0.1, 0.15) is 0 Å². The SMILES string of the molecule is C=CC1=C(/C=C\Cc2nc(-c3cc(C)cc(/C(C=C)=C/C=C\C)c3)nc(-c3ccccc3C)c2C=C)c2ccccc2C1(C)C. The Morgan fingerprint density at radius 2 is 1.60 bits per heavy atom. The summed E-state index contributed by atoms with van der Waals surface area (Å²) in [5, 5.41) is 0. The van der Waals surface area contributed by atoms with Crippen LogP contribution in [0.15, 0.2) is 135 Å². The number of allylic oxidation sites excluding steroid dienone is 10. The van der Waals surface area contributed by atoms with Crippen LogP contribution in [0.2, 0.25) is 0 Å². The number of aryl methyl sites for hydroxylation is 2. The second kappa shape index (κ2) is 13.3. The normalized spacial score (nSPS) is 14.3. The first-order valence-electron chi connectivity index (χ1n) is 15.5. The Hall–Kier alpha value is -5.08. The van der Waals surface area contributed by atoms with E-state index in [4.69, 9.17) is 9.97 Å². The standard InChI is InChI=1S/C43H42N2/c1-9-13-20-31(10-2)32-26-29(5)27-33(28-32)42-44-40(34(11-3)41(45-42)35-21-15-14-19-30(35)6)25-18-23-36-37-22-16-17-24-39(37)43(7,8)38(36)12-4/h9-24,26-28H,2-4,25H2,1,5-8H3/b13-9-,23-18-,31-20+. The van der Waals surface area contributed by atoms with Crippen LogP contribution in [0, 0.1) is 13.8 Å². The Kier molecular flexibility index (Phi) is 9.25. The summed E-state index contributed by atoms with van der Waals surface area (Å²) in [6.07, 6.45) is 17.0. The third kappa shape index (κ3) is 6.14. The fourth-order valence-corrected chi connectivity index (χ4v) is 6.34. The van der Waals surface area contributed by atoms with Crippen LogP contribution in [0.1, 0.15) is 59.8 Å². The predicted octanol–water partition coefficient (Wildman–Crippen LogP) is 11.2. The lowest BCUT2D eigenvalue weighted by molar-refractivity contribution is 0.654. The van der Waals surface area contributed by atoms with Gasteiger partial charge in [-0.05, 0) is 77.4 Å². The summed E-state index contributed by atoms with van der Waals surface area (Å²) in [4.78, 5) is 10.4.